The molecule has 2 fully saturated rings. The lowest BCUT2D eigenvalue weighted by Crippen LogP contribution is -2.57. The maximum Gasteiger partial charge on any atom is 0.343 e. The molecule has 0 saturated heterocycles. The van der Waals surface area contributed by atoms with Crippen LogP contribution in [0.4, 0.5) is 0 Å². The van der Waals surface area contributed by atoms with Crippen LogP contribution in [0.3, 0.4) is 0 Å². The highest BCUT2D eigenvalue weighted by molar-refractivity contribution is 5.95. The molecule has 2 N–H and O–H groups in total. The number of hydrogen-bond donors (Lipinski definition) is 2. The first-order valence-corrected chi connectivity index (χ1v) is 9.89. The fourth-order valence-electron chi connectivity index (χ4n) is 5.44. The molecule has 2 aliphatic carbocycles. The summed E-state index contributed by atoms with van der Waals surface area (Å²) in [6, 6.07) is 0. The van der Waals surface area contributed by atoms with E-state index in [1.165, 1.54) is 0 Å². The third kappa shape index (κ3) is 3.23. The molecule has 4 heteroatoms. The molecule has 0 amide bonds. The predicted molar refractivity (Wildman–Crippen MR) is 106 cm³/mol. The Kier molecular flexibility index (Phi) is 5.26. The van der Waals surface area contributed by atoms with Gasteiger partial charge >= 0.3 is 5.97 Å². The molecule has 0 spiro atoms. The number of fused-ring (bicyclic) bond motifs is 1. The minimum Gasteiger partial charge on any atom is -0.423 e. The topological polar surface area (TPSA) is 66.8 Å². The van der Waals surface area contributed by atoms with Crippen LogP contribution in [-0.4, -0.2) is 28.9 Å². The molecular weight excluding hydrogens is 340 g/mol. The monoisotopic (exact) mass is 372 g/mol. The van der Waals surface area contributed by atoms with Gasteiger partial charge in [-0.3, -0.25) is 0 Å². The van der Waals surface area contributed by atoms with Gasteiger partial charge in [-0.25, -0.2) is 4.79 Å². The summed E-state index contributed by atoms with van der Waals surface area (Å²) in [7, 11) is 0. The lowest BCUT2D eigenvalue weighted by atomic mass is 9.46. The molecule has 0 aromatic carbocycles. The average Bonchev–Trinajstić information content (AvgIpc) is 2.99. The first-order chi connectivity index (χ1) is 12.6. The SMILES string of the molecule is C=C1CC[C@H]2C(C)(CCC(O)[C@@]2(C)CO)C1/C=C/C1=CC(=C(C)C)OC1=O. The zero-order chi connectivity index (χ0) is 20.0. The first kappa shape index (κ1) is 20.1. The largest absolute Gasteiger partial charge is 0.423 e. The molecule has 5 atom stereocenters. The Labute approximate surface area is 162 Å². The molecular formula is C23H32O4. The molecule has 0 bridgehead atoms. The van der Waals surface area contributed by atoms with Crippen molar-refractivity contribution in [3.05, 3.63) is 47.3 Å². The summed E-state index contributed by atoms with van der Waals surface area (Å²) in [6.07, 6.45) is 8.63. The number of cyclic esters (lactones) is 1. The highest BCUT2D eigenvalue weighted by atomic mass is 16.5. The fraction of sp³-hybridized carbons (Fsp3) is 0.609. The van der Waals surface area contributed by atoms with E-state index in [1.54, 1.807) is 6.08 Å². The summed E-state index contributed by atoms with van der Waals surface area (Å²) >= 11 is 0. The van der Waals surface area contributed by atoms with Crippen LogP contribution in [0.2, 0.25) is 0 Å². The van der Waals surface area contributed by atoms with Crippen molar-refractivity contribution in [2.75, 3.05) is 6.61 Å². The van der Waals surface area contributed by atoms with E-state index in [0.717, 1.165) is 30.4 Å². The maximum absolute atomic E-state index is 12.1. The van der Waals surface area contributed by atoms with Crippen LogP contribution in [0.5, 0.6) is 0 Å². The van der Waals surface area contributed by atoms with Crippen LogP contribution in [0.25, 0.3) is 0 Å². The maximum atomic E-state index is 12.1. The minimum absolute atomic E-state index is 0.0151. The standard InChI is InChI=1S/C23H32O4/c1-14(2)18-12-16(21(26)27-18)7-8-17-15(3)6-9-19-22(17,4)11-10-20(25)23(19,5)13-24/h7-8,12,17,19-20,24-25H,3,6,9-11,13H2,1-2,4-5H3/b8-7+/t17?,19-,20?,22?,23-/m0/s1. The van der Waals surface area contributed by atoms with Crippen LogP contribution in [-0.2, 0) is 9.53 Å². The van der Waals surface area contributed by atoms with E-state index < -0.39 is 11.5 Å². The Morgan fingerprint density at radius 1 is 1.37 bits per heavy atom. The molecule has 4 nitrogen and oxygen atoms in total. The summed E-state index contributed by atoms with van der Waals surface area (Å²) in [5.74, 6) is 0.625. The molecule has 3 rings (SSSR count). The van der Waals surface area contributed by atoms with E-state index in [9.17, 15) is 15.0 Å². The quantitative estimate of drug-likeness (QED) is 0.579. The number of aliphatic hydroxyl groups is 2. The lowest BCUT2D eigenvalue weighted by Gasteiger charge is -2.59. The van der Waals surface area contributed by atoms with Gasteiger partial charge in [0.05, 0.1) is 18.3 Å². The van der Waals surface area contributed by atoms with Crippen LogP contribution in [0.1, 0.15) is 53.4 Å². The number of esters is 1. The molecule has 148 valence electrons. The Morgan fingerprint density at radius 3 is 2.67 bits per heavy atom. The number of rotatable bonds is 3. The van der Waals surface area contributed by atoms with Crippen molar-refractivity contribution in [3.8, 4) is 0 Å². The number of hydrogen-bond acceptors (Lipinski definition) is 4. The highest BCUT2D eigenvalue weighted by Gasteiger charge is 2.57. The highest BCUT2D eigenvalue weighted by Crippen LogP contribution is 2.61. The van der Waals surface area contributed by atoms with Gasteiger partial charge in [0.15, 0.2) is 0 Å². The second kappa shape index (κ2) is 7.06. The summed E-state index contributed by atoms with van der Waals surface area (Å²) in [5.41, 5.74) is 2.10. The summed E-state index contributed by atoms with van der Waals surface area (Å²) in [4.78, 5) is 12.1. The van der Waals surface area contributed by atoms with Gasteiger partial charge in [0.25, 0.3) is 0 Å². The lowest BCUT2D eigenvalue weighted by molar-refractivity contribution is -0.145. The smallest absolute Gasteiger partial charge is 0.343 e. The van der Waals surface area contributed by atoms with Crippen LogP contribution in [0, 0.1) is 22.7 Å². The molecule has 1 aliphatic heterocycles. The second-order valence-corrected chi connectivity index (χ2v) is 9.16. The normalized spacial score (nSPS) is 39.4. The number of carbonyl (C=O) groups excluding carboxylic acids is 1. The van der Waals surface area contributed by atoms with Gasteiger partial charge in [-0.05, 0) is 62.5 Å². The van der Waals surface area contributed by atoms with Crippen molar-refractivity contribution < 1.29 is 19.7 Å². The van der Waals surface area contributed by atoms with E-state index in [1.807, 2.05) is 26.8 Å². The van der Waals surface area contributed by atoms with Gasteiger partial charge in [-0.15, -0.1) is 0 Å². The number of aliphatic hydroxyl groups excluding tert-OH is 2. The third-order valence-electron chi connectivity index (χ3n) is 7.24. The van der Waals surface area contributed by atoms with E-state index in [2.05, 4.69) is 19.6 Å². The van der Waals surface area contributed by atoms with Crippen molar-refractivity contribution >= 4 is 5.97 Å². The summed E-state index contributed by atoms with van der Waals surface area (Å²) in [5, 5.41) is 20.6. The number of carbonyl (C=O) groups is 1. The van der Waals surface area contributed by atoms with Crippen molar-refractivity contribution in [2.24, 2.45) is 22.7 Å². The van der Waals surface area contributed by atoms with Gasteiger partial charge < -0.3 is 14.9 Å². The zero-order valence-corrected chi connectivity index (χ0v) is 16.9. The van der Waals surface area contributed by atoms with Crippen LogP contribution in [0.15, 0.2) is 47.3 Å². The Morgan fingerprint density at radius 2 is 2.07 bits per heavy atom. The second-order valence-electron chi connectivity index (χ2n) is 9.16. The summed E-state index contributed by atoms with van der Waals surface area (Å²) < 4.78 is 5.31. The van der Waals surface area contributed by atoms with Gasteiger partial charge in [0.1, 0.15) is 5.76 Å². The van der Waals surface area contributed by atoms with Crippen molar-refractivity contribution in [3.63, 3.8) is 0 Å². The first-order valence-electron chi connectivity index (χ1n) is 9.89. The van der Waals surface area contributed by atoms with Crippen LogP contribution >= 0.6 is 0 Å². The average molecular weight is 373 g/mol. The van der Waals surface area contributed by atoms with E-state index in [0.29, 0.717) is 17.8 Å². The summed E-state index contributed by atoms with van der Waals surface area (Å²) in [6.45, 7) is 12.4. The molecule has 0 radical (unpaired) electrons. The fourth-order valence-corrected chi connectivity index (χ4v) is 5.44. The number of allylic oxidation sites excluding steroid dienone is 4. The van der Waals surface area contributed by atoms with Gasteiger partial charge in [-0.2, -0.15) is 0 Å². The van der Waals surface area contributed by atoms with Crippen LogP contribution < -0.4 is 0 Å². The molecule has 27 heavy (non-hydrogen) atoms. The molecule has 3 aliphatic rings. The van der Waals surface area contributed by atoms with Gasteiger partial charge in [0.2, 0.25) is 0 Å². The molecule has 0 aromatic heterocycles. The van der Waals surface area contributed by atoms with E-state index in [-0.39, 0.29) is 29.8 Å². The predicted octanol–water partition coefficient (Wildman–Crippen LogP) is 4.06. The Hall–Kier alpha value is -1.65. The van der Waals surface area contributed by atoms with Crippen molar-refractivity contribution in [2.45, 2.75) is 59.5 Å². The zero-order valence-electron chi connectivity index (χ0n) is 16.9. The van der Waals surface area contributed by atoms with Crippen molar-refractivity contribution in [1.82, 2.24) is 0 Å². The molecule has 0 aromatic rings. The third-order valence-corrected chi connectivity index (χ3v) is 7.24. The number of ether oxygens (including phenoxy) is 1. The van der Waals surface area contributed by atoms with Gasteiger partial charge in [0, 0.05) is 11.3 Å². The minimum atomic E-state index is -0.499. The molecule has 1 heterocycles. The Bertz CT molecular complexity index is 739. The Balaban J connectivity index is 1.93. The van der Waals surface area contributed by atoms with Gasteiger partial charge in [-0.1, -0.05) is 38.2 Å². The van der Waals surface area contributed by atoms with E-state index >= 15 is 0 Å². The molecule has 2 saturated carbocycles. The van der Waals surface area contributed by atoms with Crippen molar-refractivity contribution in [1.29, 1.82) is 0 Å². The van der Waals surface area contributed by atoms with E-state index in [4.69, 9.17) is 4.74 Å². The molecule has 3 unspecified atom stereocenters.